The Hall–Kier alpha value is -0.500. The number of nitrogens with zero attached hydrogens (tertiary/aromatic N) is 2. The maximum atomic E-state index is 11.3. The predicted molar refractivity (Wildman–Crippen MR) is 70.8 cm³/mol. The molecule has 1 aromatic heterocycles. The van der Waals surface area contributed by atoms with Crippen LogP contribution in [0, 0.1) is 0 Å². The van der Waals surface area contributed by atoms with Crippen LogP contribution in [0.4, 0.5) is 5.13 Å². The van der Waals surface area contributed by atoms with Crippen LogP contribution in [0.3, 0.4) is 0 Å². The molecule has 1 saturated heterocycles. The van der Waals surface area contributed by atoms with Crippen molar-refractivity contribution in [3.05, 3.63) is 10.6 Å². The molecule has 2 heterocycles. The van der Waals surface area contributed by atoms with E-state index in [1.54, 1.807) is 18.4 Å². The van der Waals surface area contributed by atoms with Gasteiger partial charge in [0.1, 0.15) is 0 Å². The molecule has 2 N–H and O–H groups in total. The molecule has 0 unspecified atom stereocenters. The minimum Gasteiger partial charge on any atom is -0.378 e. The second-order valence-electron chi connectivity index (χ2n) is 3.84. The van der Waals surface area contributed by atoms with Crippen molar-refractivity contribution in [2.24, 2.45) is 5.73 Å². The topological polar surface area (TPSA) is 68.5 Å². The molecule has 7 heteroatoms. The predicted octanol–water partition coefficient (Wildman–Crippen LogP) is 0.317. The summed E-state index contributed by atoms with van der Waals surface area (Å²) in [4.78, 5) is 7.82. The number of thiazole rings is 1. The molecule has 0 amide bonds. The third-order valence-corrected chi connectivity index (χ3v) is 5.14. The molecule has 0 atom stereocenters. The molecular formula is C10H17N3O2S2. The first-order valence-electron chi connectivity index (χ1n) is 5.52. The Morgan fingerprint density at radius 3 is 2.82 bits per heavy atom. The van der Waals surface area contributed by atoms with Crippen molar-refractivity contribution in [3.63, 3.8) is 0 Å². The molecule has 0 aromatic carbocycles. The van der Waals surface area contributed by atoms with Crippen LogP contribution in [0.15, 0.2) is 0 Å². The van der Waals surface area contributed by atoms with Gasteiger partial charge >= 0.3 is 0 Å². The Kier molecular flexibility index (Phi) is 4.49. The summed E-state index contributed by atoms with van der Waals surface area (Å²) in [6.07, 6.45) is 0. The highest BCUT2D eigenvalue weighted by atomic mass is 32.2. The van der Waals surface area contributed by atoms with Gasteiger partial charge in [-0.3, -0.25) is 4.21 Å². The van der Waals surface area contributed by atoms with E-state index in [9.17, 15) is 4.21 Å². The molecule has 96 valence electrons. The van der Waals surface area contributed by atoms with Crippen LogP contribution in [0.5, 0.6) is 0 Å². The Morgan fingerprint density at radius 2 is 2.24 bits per heavy atom. The number of hydrogen-bond acceptors (Lipinski definition) is 6. The van der Waals surface area contributed by atoms with Gasteiger partial charge in [-0.25, -0.2) is 4.98 Å². The van der Waals surface area contributed by atoms with E-state index in [4.69, 9.17) is 10.5 Å². The molecule has 1 aromatic rings. The molecule has 5 nitrogen and oxygen atoms in total. The molecule has 2 rings (SSSR count). The quantitative estimate of drug-likeness (QED) is 0.857. The summed E-state index contributed by atoms with van der Waals surface area (Å²) in [5.74, 6) is 1.47. The summed E-state index contributed by atoms with van der Waals surface area (Å²) < 4.78 is 16.4. The molecule has 17 heavy (non-hydrogen) atoms. The van der Waals surface area contributed by atoms with E-state index in [1.807, 2.05) is 0 Å². The van der Waals surface area contributed by atoms with Crippen LogP contribution in [0.1, 0.15) is 10.6 Å². The maximum absolute atomic E-state index is 11.3. The van der Waals surface area contributed by atoms with Crippen LogP contribution in [0.25, 0.3) is 0 Å². The Labute approximate surface area is 107 Å². The summed E-state index contributed by atoms with van der Waals surface area (Å²) >= 11 is 1.62. The number of anilines is 1. The van der Waals surface area contributed by atoms with Gasteiger partial charge in [0, 0.05) is 53.9 Å². The van der Waals surface area contributed by atoms with Gasteiger partial charge in [-0.05, 0) is 0 Å². The monoisotopic (exact) mass is 275 g/mol. The van der Waals surface area contributed by atoms with Crippen LogP contribution >= 0.6 is 11.3 Å². The number of methoxy groups -OCH3 is 1. The zero-order valence-electron chi connectivity index (χ0n) is 9.85. The largest absolute Gasteiger partial charge is 0.378 e. The highest BCUT2D eigenvalue weighted by molar-refractivity contribution is 7.85. The highest BCUT2D eigenvalue weighted by Crippen LogP contribution is 2.27. The summed E-state index contributed by atoms with van der Waals surface area (Å²) in [5, 5.41) is 0.981. The second kappa shape index (κ2) is 5.90. The van der Waals surface area contributed by atoms with Gasteiger partial charge in [0.2, 0.25) is 0 Å². The molecule has 0 saturated carbocycles. The van der Waals surface area contributed by atoms with E-state index >= 15 is 0 Å². The van der Waals surface area contributed by atoms with Crippen LogP contribution in [0.2, 0.25) is 0 Å². The van der Waals surface area contributed by atoms with Crippen molar-refractivity contribution in [2.75, 3.05) is 36.6 Å². The van der Waals surface area contributed by atoms with Crippen molar-refractivity contribution < 1.29 is 8.95 Å². The van der Waals surface area contributed by atoms with Crippen molar-refractivity contribution in [1.82, 2.24) is 4.98 Å². The minimum absolute atomic E-state index is 0.496. The fourth-order valence-corrected chi connectivity index (χ4v) is 3.79. The van der Waals surface area contributed by atoms with Gasteiger partial charge in [-0.1, -0.05) is 0 Å². The van der Waals surface area contributed by atoms with E-state index in [0.717, 1.165) is 40.3 Å². The molecule has 1 aliphatic heterocycles. The molecular weight excluding hydrogens is 258 g/mol. The third kappa shape index (κ3) is 3.04. The smallest absolute Gasteiger partial charge is 0.185 e. The second-order valence-corrected chi connectivity index (χ2v) is 6.60. The van der Waals surface area contributed by atoms with Crippen LogP contribution < -0.4 is 10.6 Å². The fourth-order valence-electron chi connectivity index (χ4n) is 1.74. The highest BCUT2D eigenvalue weighted by Gasteiger charge is 2.20. The zero-order chi connectivity index (χ0) is 12.3. The Bertz CT molecular complexity index is 398. The first kappa shape index (κ1) is 12.9. The van der Waals surface area contributed by atoms with E-state index in [-0.39, 0.29) is 0 Å². The van der Waals surface area contributed by atoms with E-state index in [1.165, 1.54) is 0 Å². The average molecular weight is 275 g/mol. The number of rotatable bonds is 4. The van der Waals surface area contributed by atoms with Gasteiger partial charge in [0.15, 0.2) is 5.13 Å². The molecule has 0 bridgehead atoms. The van der Waals surface area contributed by atoms with Gasteiger partial charge in [-0.15, -0.1) is 11.3 Å². The Morgan fingerprint density at radius 1 is 1.53 bits per heavy atom. The average Bonchev–Trinajstić information content (AvgIpc) is 2.74. The summed E-state index contributed by atoms with van der Waals surface area (Å²) in [6, 6.07) is 0. The lowest BCUT2D eigenvalue weighted by Gasteiger charge is -2.25. The molecule has 0 spiro atoms. The molecule has 0 radical (unpaired) electrons. The lowest BCUT2D eigenvalue weighted by Crippen LogP contribution is -2.37. The van der Waals surface area contributed by atoms with Crippen LogP contribution in [-0.2, 0) is 28.7 Å². The van der Waals surface area contributed by atoms with Gasteiger partial charge < -0.3 is 15.4 Å². The van der Waals surface area contributed by atoms with Crippen molar-refractivity contribution >= 4 is 27.3 Å². The Balaban J connectivity index is 2.12. The summed E-state index contributed by atoms with van der Waals surface area (Å²) in [5.41, 5.74) is 6.63. The molecule has 1 fully saturated rings. The third-order valence-electron chi connectivity index (χ3n) is 2.68. The number of aromatic nitrogens is 1. The van der Waals surface area contributed by atoms with Crippen molar-refractivity contribution in [3.8, 4) is 0 Å². The lowest BCUT2D eigenvalue weighted by molar-refractivity contribution is 0.181. The minimum atomic E-state index is -0.653. The SMILES string of the molecule is COCc1nc(N2CCS(=O)CC2)sc1CN. The first-order chi connectivity index (χ1) is 8.24. The summed E-state index contributed by atoms with van der Waals surface area (Å²) in [6.45, 7) is 2.63. The fraction of sp³-hybridized carbons (Fsp3) is 0.700. The molecule has 1 aliphatic rings. The number of nitrogens with two attached hydrogens (primary N) is 1. The lowest BCUT2D eigenvalue weighted by atomic mass is 10.4. The summed E-state index contributed by atoms with van der Waals surface area (Å²) in [7, 11) is 1.00. The van der Waals surface area contributed by atoms with E-state index < -0.39 is 10.8 Å². The van der Waals surface area contributed by atoms with Crippen molar-refractivity contribution in [1.29, 1.82) is 0 Å². The van der Waals surface area contributed by atoms with E-state index in [0.29, 0.717) is 13.2 Å². The maximum Gasteiger partial charge on any atom is 0.185 e. The normalized spacial score (nSPS) is 17.6. The molecule has 0 aliphatic carbocycles. The van der Waals surface area contributed by atoms with Crippen LogP contribution in [-0.4, -0.2) is 40.9 Å². The standard InChI is InChI=1S/C10H17N3O2S2/c1-15-7-8-9(6-11)16-10(12-8)13-2-4-17(14)5-3-13/h2-7,11H2,1H3. The number of hydrogen-bond donors (Lipinski definition) is 1. The zero-order valence-corrected chi connectivity index (χ0v) is 11.5. The first-order valence-corrected chi connectivity index (χ1v) is 7.82. The van der Waals surface area contributed by atoms with Gasteiger partial charge in [0.05, 0.1) is 12.3 Å². The number of ether oxygens (including phenoxy) is 1. The van der Waals surface area contributed by atoms with Gasteiger partial charge in [0.25, 0.3) is 0 Å². The van der Waals surface area contributed by atoms with Gasteiger partial charge in [-0.2, -0.15) is 0 Å². The van der Waals surface area contributed by atoms with Crippen molar-refractivity contribution in [2.45, 2.75) is 13.2 Å². The van der Waals surface area contributed by atoms with E-state index in [2.05, 4.69) is 9.88 Å².